The van der Waals surface area contributed by atoms with E-state index in [0.717, 1.165) is 11.4 Å². The standard InChI is InChI=1S/C19H26N4O4/c1-19(2,3)16-10-14(21-22-16)11-23(4)18(25)20-13-6-8-15(9-7-13)27-12-17(24)26-5/h6-10H,11-12H2,1-5H3,(H,20,25)(H,21,22). The maximum Gasteiger partial charge on any atom is 0.343 e. The lowest BCUT2D eigenvalue weighted by atomic mass is 9.92. The summed E-state index contributed by atoms with van der Waals surface area (Å²) in [6, 6.07) is 8.46. The van der Waals surface area contributed by atoms with E-state index in [1.54, 1.807) is 36.2 Å². The van der Waals surface area contributed by atoms with E-state index >= 15 is 0 Å². The van der Waals surface area contributed by atoms with Crippen molar-refractivity contribution in [1.82, 2.24) is 15.1 Å². The molecule has 0 atom stereocenters. The molecule has 8 nitrogen and oxygen atoms in total. The molecule has 146 valence electrons. The van der Waals surface area contributed by atoms with E-state index in [1.165, 1.54) is 7.11 Å². The van der Waals surface area contributed by atoms with Crippen LogP contribution in [0.4, 0.5) is 10.5 Å². The van der Waals surface area contributed by atoms with Crippen LogP contribution in [0.2, 0.25) is 0 Å². The van der Waals surface area contributed by atoms with Crippen molar-refractivity contribution in [2.24, 2.45) is 0 Å². The summed E-state index contributed by atoms with van der Waals surface area (Å²) in [6.45, 7) is 6.51. The molecule has 2 aromatic rings. The number of anilines is 1. The fraction of sp³-hybridized carbons (Fsp3) is 0.421. The molecule has 1 aromatic heterocycles. The van der Waals surface area contributed by atoms with E-state index in [0.29, 0.717) is 18.0 Å². The predicted molar refractivity (Wildman–Crippen MR) is 102 cm³/mol. The van der Waals surface area contributed by atoms with Crippen LogP contribution in [0.15, 0.2) is 30.3 Å². The lowest BCUT2D eigenvalue weighted by Gasteiger charge is -2.17. The molecular weight excluding hydrogens is 348 g/mol. The van der Waals surface area contributed by atoms with Crippen molar-refractivity contribution in [3.8, 4) is 5.75 Å². The quantitative estimate of drug-likeness (QED) is 0.758. The average Bonchev–Trinajstić information content (AvgIpc) is 3.09. The number of esters is 1. The van der Waals surface area contributed by atoms with Crippen LogP contribution in [0.5, 0.6) is 5.75 Å². The summed E-state index contributed by atoms with van der Waals surface area (Å²) in [6.07, 6.45) is 0. The van der Waals surface area contributed by atoms with Crippen LogP contribution in [-0.2, 0) is 21.5 Å². The number of nitrogens with one attached hydrogen (secondary N) is 2. The second-order valence-corrected chi connectivity index (χ2v) is 7.20. The number of carbonyl (C=O) groups is 2. The molecule has 8 heteroatoms. The number of aromatic nitrogens is 2. The SMILES string of the molecule is COC(=O)COc1ccc(NC(=O)N(C)Cc2cc(C(C)(C)C)n[nH]2)cc1. The highest BCUT2D eigenvalue weighted by Gasteiger charge is 2.18. The summed E-state index contributed by atoms with van der Waals surface area (Å²) < 4.78 is 9.78. The summed E-state index contributed by atoms with van der Waals surface area (Å²) in [5, 5.41) is 10.1. The average molecular weight is 374 g/mol. The molecule has 0 saturated heterocycles. The Morgan fingerprint density at radius 3 is 2.44 bits per heavy atom. The molecule has 0 saturated carbocycles. The Kier molecular flexibility index (Phi) is 6.44. The Balaban J connectivity index is 1.88. The van der Waals surface area contributed by atoms with Crippen LogP contribution in [0.1, 0.15) is 32.2 Å². The smallest absolute Gasteiger partial charge is 0.343 e. The summed E-state index contributed by atoms with van der Waals surface area (Å²) in [7, 11) is 3.01. The van der Waals surface area contributed by atoms with Gasteiger partial charge in [0.2, 0.25) is 0 Å². The minimum atomic E-state index is -0.456. The Labute approximate surface area is 158 Å². The van der Waals surface area contributed by atoms with Gasteiger partial charge in [-0.2, -0.15) is 5.10 Å². The molecule has 2 amide bonds. The van der Waals surface area contributed by atoms with Crippen LogP contribution in [0, 0.1) is 0 Å². The third-order valence-electron chi connectivity index (χ3n) is 3.84. The van der Waals surface area contributed by atoms with E-state index in [4.69, 9.17) is 4.74 Å². The molecule has 0 unspecified atom stereocenters. The van der Waals surface area contributed by atoms with Gasteiger partial charge in [-0.25, -0.2) is 9.59 Å². The molecule has 0 aliphatic carbocycles. The number of methoxy groups -OCH3 is 1. The molecule has 2 rings (SSSR count). The molecule has 0 bridgehead atoms. The molecule has 1 aromatic carbocycles. The van der Waals surface area contributed by atoms with Gasteiger partial charge in [-0.1, -0.05) is 20.8 Å². The third-order valence-corrected chi connectivity index (χ3v) is 3.84. The fourth-order valence-corrected chi connectivity index (χ4v) is 2.21. The summed E-state index contributed by atoms with van der Waals surface area (Å²) >= 11 is 0. The van der Waals surface area contributed by atoms with Gasteiger partial charge in [0, 0.05) is 18.2 Å². The van der Waals surface area contributed by atoms with Gasteiger partial charge in [-0.3, -0.25) is 5.10 Å². The number of rotatable bonds is 6. The van der Waals surface area contributed by atoms with Crippen molar-refractivity contribution in [2.75, 3.05) is 26.1 Å². The van der Waals surface area contributed by atoms with E-state index in [1.807, 2.05) is 6.07 Å². The van der Waals surface area contributed by atoms with Gasteiger partial charge in [0.1, 0.15) is 5.75 Å². The largest absolute Gasteiger partial charge is 0.482 e. The van der Waals surface area contributed by atoms with Gasteiger partial charge in [0.05, 0.1) is 25.0 Å². The number of hydrogen-bond acceptors (Lipinski definition) is 5. The molecule has 2 N–H and O–H groups in total. The highest BCUT2D eigenvalue weighted by atomic mass is 16.6. The van der Waals surface area contributed by atoms with E-state index in [9.17, 15) is 9.59 Å². The molecule has 0 spiro atoms. The summed E-state index contributed by atoms with van der Waals surface area (Å²) in [4.78, 5) is 25.0. The van der Waals surface area contributed by atoms with Crippen LogP contribution >= 0.6 is 0 Å². The van der Waals surface area contributed by atoms with Gasteiger partial charge in [0.15, 0.2) is 6.61 Å². The van der Waals surface area contributed by atoms with Gasteiger partial charge in [-0.15, -0.1) is 0 Å². The monoisotopic (exact) mass is 374 g/mol. The van der Waals surface area contributed by atoms with E-state index in [-0.39, 0.29) is 18.1 Å². The number of carbonyl (C=O) groups excluding carboxylic acids is 2. The number of urea groups is 1. The Morgan fingerprint density at radius 2 is 1.89 bits per heavy atom. The number of benzene rings is 1. The maximum absolute atomic E-state index is 12.3. The van der Waals surface area contributed by atoms with Gasteiger partial charge < -0.3 is 19.7 Å². The number of nitrogens with zero attached hydrogens (tertiary/aromatic N) is 2. The topological polar surface area (TPSA) is 96.5 Å². The first-order chi connectivity index (χ1) is 12.7. The minimum Gasteiger partial charge on any atom is -0.482 e. The lowest BCUT2D eigenvalue weighted by molar-refractivity contribution is -0.142. The highest BCUT2D eigenvalue weighted by Crippen LogP contribution is 2.21. The van der Waals surface area contributed by atoms with Crippen molar-refractivity contribution >= 4 is 17.7 Å². The number of H-pyrrole nitrogens is 1. The van der Waals surface area contributed by atoms with Gasteiger partial charge in [-0.05, 0) is 30.3 Å². The second kappa shape index (κ2) is 8.57. The van der Waals surface area contributed by atoms with E-state index < -0.39 is 5.97 Å². The highest BCUT2D eigenvalue weighted by molar-refractivity contribution is 5.89. The normalized spacial score (nSPS) is 11.0. The van der Waals surface area contributed by atoms with Crippen LogP contribution in [-0.4, -0.2) is 47.9 Å². The Morgan fingerprint density at radius 1 is 1.22 bits per heavy atom. The zero-order valence-corrected chi connectivity index (χ0v) is 16.3. The van der Waals surface area contributed by atoms with Crippen molar-refractivity contribution in [1.29, 1.82) is 0 Å². The Bertz CT molecular complexity index is 778. The first-order valence-electron chi connectivity index (χ1n) is 8.55. The first kappa shape index (κ1) is 20.3. The predicted octanol–water partition coefficient (Wildman–Crippen LogP) is 2.92. The zero-order chi connectivity index (χ0) is 20.0. The summed E-state index contributed by atoms with van der Waals surface area (Å²) in [5.74, 6) is 0.0568. The minimum absolute atomic E-state index is 0.0483. The third kappa shape index (κ3) is 6.02. The molecule has 1 heterocycles. The zero-order valence-electron chi connectivity index (χ0n) is 16.3. The Hall–Kier alpha value is -3.03. The lowest BCUT2D eigenvalue weighted by Crippen LogP contribution is -2.30. The first-order valence-corrected chi connectivity index (χ1v) is 8.55. The molecule has 0 aliphatic heterocycles. The number of amides is 2. The van der Waals surface area contributed by atoms with Crippen molar-refractivity contribution in [3.63, 3.8) is 0 Å². The second-order valence-electron chi connectivity index (χ2n) is 7.20. The number of hydrogen-bond donors (Lipinski definition) is 2. The molecular formula is C19H26N4O4. The van der Waals surface area contributed by atoms with E-state index in [2.05, 4.69) is 41.0 Å². The summed E-state index contributed by atoms with van der Waals surface area (Å²) in [5.41, 5.74) is 2.39. The van der Waals surface area contributed by atoms with Crippen LogP contribution in [0.3, 0.4) is 0 Å². The molecule has 27 heavy (non-hydrogen) atoms. The maximum atomic E-state index is 12.3. The fourth-order valence-electron chi connectivity index (χ4n) is 2.21. The molecule has 0 radical (unpaired) electrons. The van der Waals surface area contributed by atoms with Crippen molar-refractivity contribution in [3.05, 3.63) is 41.7 Å². The van der Waals surface area contributed by atoms with Crippen molar-refractivity contribution < 1.29 is 19.1 Å². The molecule has 0 aliphatic rings. The van der Waals surface area contributed by atoms with Crippen molar-refractivity contribution in [2.45, 2.75) is 32.7 Å². The number of aromatic amines is 1. The van der Waals surface area contributed by atoms with Crippen LogP contribution < -0.4 is 10.1 Å². The van der Waals surface area contributed by atoms with Gasteiger partial charge in [0.25, 0.3) is 0 Å². The molecule has 0 fully saturated rings. The number of ether oxygens (including phenoxy) is 2. The van der Waals surface area contributed by atoms with Gasteiger partial charge >= 0.3 is 12.0 Å². The van der Waals surface area contributed by atoms with Crippen LogP contribution in [0.25, 0.3) is 0 Å².